The summed E-state index contributed by atoms with van der Waals surface area (Å²) in [6.07, 6.45) is 4.17. The fourth-order valence-corrected chi connectivity index (χ4v) is 5.46. The van der Waals surface area contributed by atoms with E-state index in [-0.39, 0.29) is 17.7 Å². The second-order valence-corrected chi connectivity index (χ2v) is 9.99. The highest BCUT2D eigenvalue weighted by atomic mass is 32.2. The molecule has 0 atom stereocenters. The van der Waals surface area contributed by atoms with Crippen molar-refractivity contribution >= 4 is 21.8 Å². The third kappa shape index (κ3) is 5.79. The van der Waals surface area contributed by atoms with Gasteiger partial charge in [-0.1, -0.05) is 17.7 Å². The first-order valence-electron chi connectivity index (χ1n) is 10.5. The van der Waals surface area contributed by atoms with Gasteiger partial charge in [0.05, 0.1) is 4.90 Å². The van der Waals surface area contributed by atoms with Gasteiger partial charge in [0.1, 0.15) is 0 Å². The molecule has 0 saturated carbocycles. The van der Waals surface area contributed by atoms with E-state index >= 15 is 0 Å². The van der Waals surface area contributed by atoms with Crippen LogP contribution in [0.1, 0.15) is 44.1 Å². The van der Waals surface area contributed by atoms with Crippen LogP contribution >= 0.6 is 0 Å². The van der Waals surface area contributed by atoms with Gasteiger partial charge in [-0.05, 0) is 50.7 Å². The van der Waals surface area contributed by atoms with Gasteiger partial charge in [-0.25, -0.2) is 8.42 Å². The van der Waals surface area contributed by atoms with Crippen molar-refractivity contribution in [1.29, 1.82) is 0 Å². The Morgan fingerprint density at radius 2 is 1.83 bits per heavy atom. The molecule has 7 nitrogen and oxygen atoms in total. The minimum atomic E-state index is -3.46. The van der Waals surface area contributed by atoms with E-state index in [2.05, 4.69) is 5.32 Å². The third-order valence-corrected chi connectivity index (χ3v) is 7.72. The molecule has 29 heavy (non-hydrogen) atoms. The second kappa shape index (κ2) is 9.71. The van der Waals surface area contributed by atoms with E-state index in [9.17, 15) is 18.0 Å². The molecule has 2 heterocycles. The van der Waals surface area contributed by atoms with Crippen LogP contribution < -0.4 is 5.32 Å². The molecular formula is C21H31N3O4S. The first-order chi connectivity index (χ1) is 13.9. The van der Waals surface area contributed by atoms with Crippen molar-refractivity contribution in [2.24, 2.45) is 5.92 Å². The predicted molar refractivity (Wildman–Crippen MR) is 111 cm³/mol. The summed E-state index contributed by atoms with van der Waals surface area (Å²) < 4.78 is 27.0. The average molecular weight is 422 g/mol. The predicted octanol–water partition coefficient (Wildman–Crippen LogP) is 1.91. The maximum absolute atomic E-state index is 12.8. The number of piperidine rings is 1. The topological polar surface area (TPSA) is 86.8 Å². The molecule has 1 aromatic rings. The van der Waals surface area contributed by atoms with Crippen molar-refractivity contribution in [3.63, 3.8) is 0 Å². The monoisotopic (exact) mass is 421 g/mol. The van der Waals surface area contributed by atoms with E-state index in [4.69, 9.17) is 0 Å². The smallest absolute Gasteiger partial charge is 0.243 e. The number of sulfonamides is 1. The zero-order valence-electron chi connectivity index (χ0n) is 17.1. The van der Waals surface area contributed by atoms with Gasteiger partial charge in [-0.3, -0.25) is 9.59 Å². The number of benzene rings is 1. The molecule has 0 aromatic heterocycles. The first-order valence-corrected chi connectivity index (χ1v) is 11.9. The van der Waals surface area contributed by atoms with Crippen LogP contribution in [-0.4, -0.2) is 62.2 Å². The van der Waals surface area contributed by atoms with E-state index < -0.39 is 10.0 Å². The second-order valence-electron chi connectivity index (χ2n) is 8.05. The Morgan fingerprint density at radius 3 is 2.45 bits per heavy atom. The zero-order valence-corrected chi connectivity index (χ0v) is 17.9. The number of carbonyl (C=O) groups is 2. The van der Waals surface area contributed by atoms with Gasteiger partial charge < -0.3 is 10.2 Å². The van der Waals surface area contributed by atoms with Crippen LogP contribution in [-0.2, 0) is 19.6 Å². The molecule has 2 amide bonds. The molecule has 3 rings (SSSR count). The van der Waals surface area contributed by atoms with Gasteiger partial charge in [0.25, 0.3) is 0 Å². The van der Waals surface area contributed by atoms with Crippen molar-refractivity contribution in [3.05, 3.63) is 29.8 Å². The van der Waals surface area contributed by atoms with E-state index in [1.54, 1.807) is 12.1 Å². The largest absolute Gasteiger partial charge is 0.356 e. The zero-order chi connectivity index (χ0) is 20.9. The fraction of sp³-hybridized carbons (Fsp3) is 0.619. The number of hydrogen-bond acceptors (Lipinski definition) is 4. The Kier molecular flexibility index (Phi) is 7.29. The highest BCUT2D eigenvalue weighted by molar-refractivity contribution is 7.89. The van der Waals surface area contributed by atoms with Crippen molar-refractivity contribution < 1.29 is 18.0 Å². The standard InChI is InChI=1S/C21H31N3O4S/c1-17-5-7-19(8-6-17)29(27,28)24-14-9-18(10-15-24)16-20(25)22-11-3-13-23-12-2-4-21(23)26/h5-8,18H,2-4,9-16H2,1H3,(H,22,25). The van der Waals surface area contributed by atoms with E-state index in [1.165, 1.54) is 4.31 Å². The molecule has 1 aromatic carbocycles. The minimum absolute atomic E-state index is 0.0117. The Labute approximate surface area is 173 Å². The van der Waals surface area contributed by atoms with E-state index in [1.807, 2.05) is 24.0 Å². The molecule has 0 spiro atoms. The summed E-state index contributed by atoms with van der Waals surface area (Å²) in [4.78, 5) is 25.9. The van der Waals surface area contributed by atoms with Crippen LogP contribution in [0.4, 0.5) is 0 Å². The molecule has 160 valence electrons. The number of carbonyl (C=O) groups excluding carboxylic acids is 2. The molecule has 2 fully saturated rings. The number of aryl methyl sites for hydroxylation is 1. The Bertz CT molecular complexity index is 815. The molecule has 2 aliphatic rings. The SMILES string of the molecule is Cc1ccc(S(=O)(=O)N2CCC(CC(=O)NCCCN3CCCC3=O)CC2)cc1. The Hall–Kier alpha value is -1.93. The lowest BCUT2D eigenvalue weighted by molar-refractivity contribution is -0.127. The van der Waals surface area contributed by atoms with Gasteiger partial charge in [0, 0.05) is 45.6 Å². The molecule has 0 bridgehead atoms. The van der Waals surface area contributed by atoms with Crippen molar-refractivity contribution in [1.82, 2.24) is 14.5 Å². The highest BCUT2D eigenvalue weighted by Gasteiger charge is 2.30. The molecule has 2 aliphatic heterocycles. The summed E-state index contributed by atoms with van der Waals surface area (Å²) in [5.41, 5.74) is 1.03. The Morgan fingerprint density at radius 1 is 1.14 bits per heavy atom. The summed E-state index contributed by atoms with van der Waals surface area (Å²) >= 11 is 0. The van der Waals surface area contributed by atoms with Crippen LogP contribution in [0.25, 0.3) is 0 Å². The number of rotatable bonds is 8. The van der Waals surface area contributed by atoms with Gasteiger partial charge in [0.2, 0.25) is 21.8 Å². The van der Waals surface area contributed by atoms with Crippen LogP contribution in [0, 0.1) is 12.8 Å². The maximum Gasteiger partial charge on any atom is 0.243 e. The number of likely N-dealkylation sites (tertiary alicyclic amines) is 1. The number of amides is 2. The number of nitrogens with zero attached hydrogens (tertiary/aromatic N) is 2. The molecule has 0 radical (unpaired) electrons. The summed E-state index contributed by atoms with van der Waals surface area (Å²) in [5, 5.41) is 2.93. The van der Waals surface area contributed by atoms with Gasteiger partial charge in [-0.2, -0.15) is 4.31 Å². The summed E-state index contributed by atoms with van der Waals surface area (Å²) in [7, 11) is -3.46. The number of nitrogens with one attached hydrogen (secondary N) is 1. The quantitative estimate of drug-likeness (QED) is 0.650. The van der Waals surface area contributed by atoms with Crippen LogP contribution in [0.15, 0.2) is 29.2 Å². The first kappa shape index (κ1) is 21.8. The van der Waals surface area contributed by atoms with E-state index in [0.717, 1.165) is 24.9 Å². The third-order valence-electron chi connectivity index (χ3n) is 5.80. The molecule has 2 saturated heterocycles. The molecular weight excluding hydrogens is 390 g/mol. The lowest BCUT2D eigenvalue weighted by atomic mass is 9.94. The Balaban J connectivity index is 1.37. The average Bonchev–Trinajstić information content (AvgIpc) is 3.11. The maximum atomic E-state index is 12.8. The van der Waals surface area contributed by atoms with Crippen LogP contribution in [0.5, 0.6) is 0 Å². The summed E-state index contributed by atoms with van der Waals surface area (Å²) in [6.45, 7) is 4.93. The van der Waals surface area contributed by atoms with Crippen LogP contribution in [0.2, 0.25) is 0 Å². The molecule has 8 heteroatoms. The normalized spacial score (nSPS) is 18.9. The number of hydrogen-bond donors (Lipinski definition) is 1. The van der Waals surface area contributed by atoms with Gasteiger partial charge in [-0.15, -0.1) is 0 Å². The molecule has 1 N–H and O–H groups in total. The highest BCUT2D eigenvalue weighted by Crippen LogP contribution is 2.25. The lowest BCUT2D eigenvalue weighted by Crippen LogP contribution is -2.39. The molecule has 0 unspecified atom stereocenters. The van der Waals surface area contributed by atoms with Crippen molar-refractivity contribution in [2.45, 2.75) is 50.3 Å². The van der Waals surface area contributed by atoms with E-state index in [0.29, 0.717) is 56.8 Å². The minimum Gasteiger partial charge on any atom is -0.356 e. The summed E-state index contributed by atoms with van der Waals surface area (Å²) in [6, 6.07) is 6.92. The van der Waals surface area contributed by atoms with Gasteiger partial charge in [0.15, 0.2) is 0 Å². The summed E-state index contributed by atoms with van der Waals surface area (Å²) in [5.74, 6) is 0.431. The van der Waals surface area contributed by atoms with Gasteiger partial charge >= 0.3 is 0 Å². The lowest BCUT2D eigenvalue weighted by Gasteiger charge is -2.31. The van der Waals surface area contributed by atoms with Crippen molar-refractivity contribution in [2.75, 3.05) is 32.7 Å². The molecule has 0 aliphatic carbocycles. The van der Waals surface area contributed by atoms with Crippen LogP contribution in [0.3, 0.4) is 0 Å². The van der Waals surface area contributed by atoms with Crippen molar-refractivity contribution in [3.8, 4) is 0 Å². The fourth-order valence-electron chi connectivity index (χ4n) is 3.99.